The molecule has 5 heteroatoms. The second kappa shape index (κ2) is 4.49. The summed E-state index contributed by atoms with van der Waals surface area (Å²) in [4.78, 5) is 13.5. The highest BCUT2D eigenvalue weighted by molar-refractivity contribution is 7.71. The Morgan fingerprint density at radius 2 is 2.19 bits per heavy atom. The highest BCUT2D eigenvalue weighted by atomic mass is 32.1. The monoisotopic (exact) mass is 236 g/mol. The van der Waals surface area contributed by atoms with E-state index in [1.54, 1.807) is 0 Å². The molecule has 0 spiro atoms. The number of nitrogens with one attached hydrogen (secondary N) is 1. The van der Waals surface area contributed by atoms with Crippen LogP contribution in [0.1, 0.15) is 12.8 Å². The molecule has 0 aliphatic carbocycles. The van der Waals surface area contributed by atoms with Gasteiger partial charge >= 0.3 is 5.97 Å². The largest absolute Gasteiger partial charge is 0.481 e. The Morgan fingerprint density at radius 1 is 1.44 bits per heavy atom. The van der Waals surface area contributed by atoms with Crippen molar-refractivity contribution in [3.63, 3.8) is 0 Å². The fraction of sp³-hybridized carbons (Fsp3) is 0.273. The smallest absolute Gasteiger partial charge is 0.303 e. The van der Waals surface area contributed by atoms with E-state index >= 15 is 0 Å². The maximum absolute atomic E-state index is 10.4. The summed E-state index contributed by atoms with van der Waals surface area (Å²) < 4.78 is 2.58. The number of H-pyrrole nitrogens is 1. The van der Waals surface area contributed by atoms with Crippen molar-refractivity contribution in [1.82, 2.24) is 9.55 Å². The lowest BCUT2D eigenvalue weighted by molar-refractivity contribution is -0.137. The molecule has 2 rings (SSSR count). The second-order valence-electron chi connectivity index (χ2n) is 3.60. The van der Waals surface area contributed by atoms with Gasteiger partial charge in [-0.2, -0.15) is 0 Å². The molecule has 0 fully saturated rings. The van der Waals surface area contributed by atoms with Crippen molar-refractivity contribution in [3.05, 3.63) is 29.0 Å². The van der Waals surface area contributed by atoms with Crippen LogP contribution in [0.2, 0.25) is 0 Å². The molecule has 0 aliphatic heterocycles. The highest BCUT2D eigenvalue weighted by Crippen LogP contribution is 2.14. The molecule has 0 saturated carbocycles. The quantitative estimate of drug-likeness (QED) is 0.802. The number of para-hydroxylation sites is 2. The van der Waals surface area contributed by atoms with E-state index in [0.717, 1.165) is 11.0 Å². The third-order valence-corrected chi connectivity index (χ3v) is 2.78. The molecule has 0 bridgehead atoms. The van der Waals surface area contributed by atoms with E-state index in [0.29, 0.717) is 17.7 Å². The van der Waals surface area contributed by atoms with Crippen molar-refractivity contribution in [2.45, 2.75) is 19.4 Å². The van der Waals surface area contributed by atoms with Gasteiger partial charge in [0, 0.05) is 13.0 Å². The van der Waals surface area contributed by atoms with E-state index in [2.05, 4.69) is 4.98 Å². The number of carboxylic acid groups (broad SMARTS) is 1. The fourth-order valence-electron chi connectivity index (χ4n) is 1.72. The zero-order valence-corrected chi connectivity index (χ0v) is 9.46. The minimum Gasteiger partial charge on any atom is -0.481 e. The Bertz CT molecular complexity index is 571. The maximum Gasteiger partial charge on any atom is 0.303 e. The Hall–Kier alpha value is -1.62. The van der Waals surface area contributed by atoms with Crippen LogP contribution in [0.15, 0.2) is 24.3 Å². The summed E-state index contributed by atoms with van der Waals surface area (Å²) in [6.07, 6.45) is 0.757. The standard InChI is InChI=1S/C11H12N2O2S/c14-10(15)6-3-7-13-9-5-2-1-4-8(9)12-11(13)16/h1-2,4-5H,3,6-7H2,(H,12,16)(H,14,15). The number of carbonyl (C=O) groups is 1. The second-order valence-corrected chi connectivity index (χ2v) is 3.98. The molecule has 1 heterocycles. The first kappa shape index (κ1) is 10.9. The van der Waals surface area contributed by atoms with E-state index in [9.17, 15) is 4.79 Å². The molecule has 4 nitrogen and oxygen atoms in total. The lowest BCUT2D eigenvalue weighted by Crippen LogP contribution is -2.01. The zero-order valence-electron chi connectivity index (χ0n) is 8.64. The number of nitrogens with zero attached hydrogens (tertiary/aromatic N) is 1. The minimum atomic E-state index is -0.772. The number of aryl methyl sites for hydroxylation is 1. The summed E-state index contributed by atoms with van der Waals surface area (Å²) in [7, 11) is 0. The van der Waals surface area contributed by atoms with Crippen LogP contribution in [0.4, 0.5) is 0 Å². The molecule has 1 aromatic carbocycles. The van der Waals surface area contributed by atoms with Gasteiger partial charge < -0.3 is 14.7 Å². The summed E-state index contributed by atoms with van der Waals surface area (Å²) in [5, 5.41) is 8.58. The SMILES string of the molecule is O=C(O)CCCn1c(=S)[nH]c2ccccc21. The Balaban J connectivity index is 2.26. The maximum atomic E-state index is 10.4. The number of aromatic nitrogens is 2. The van der Waals surface area contributed by atoms with Gasteiger partial charge in [0.05, 0.1) is 11.0 Å². The van der Waals surface area contributed by atoms with E-state index < -0.39 is 5.97 Å². The van der Waals surface area contributed by atoms with Crippen LogP contribution in [0.5, 0.6) is 0 Å². The molecule has 2 aromatic rings. The van der Waals surface area contributed by atoms with Gasteiger partial charge in [0.25, 0.3) is 0 Å². The predicted octanol–water partition coefficient (Wildman–Crippen LogP) is 2.56. The molecule has 0 atom stereocenters. The van der Waals surface area contributed by atoms with E-state index in [-0.39, 0.29) is 6.42 Å². The molecule has 0 saturated heterocycles. The average Bonchev–Trinajstić information content (AvgIpc) is 2.55. The highest BCUT2D eigenvalue weighted by Gasteiger charge is 2.04. The van der Waals surface area contributed by atoms with Gasteiger partial charge in [0.1, 0.15) is 0 Å². The third kappa shape index (κ3) is 2.14. The van der Waals surface area contributed by atoms with Crippen molar-refractivity contribution in [2.75, 3.05) is 0 Å². The summed E-state index contributed by atoms with van der Waals surface area (Å²) in [5.41, 5.74) is 2.01. The van der Waals surface area contributed by atoms with Crippen LogP contribution < -0.4 is 0 Å². The van der Waals surface area contributed by atoms with Gasteiger partial charge in [-0.1, -0.05) is 12.1 Å². The first-order chi connectivity index (χ1) is 7.68. The number of rotatable bonds is 4. The lowest BCUT2D eigenvalue weighted by atomic mass is 10.3. The van der Waals surface area contributed by atoms with Crippen molar-refractivity contribution < 1.29 is 9.90 Å². The van der Waals surface area contributed by atoms with Crippen LogP contribution in [0, 0.1) is 4.77 Å². The van der Waals surface area contributed by atoms with Crippen molar-refractivity contribution in [1.29, 1.82) is 0 Å². The molecular weight excluding hydrogens is 224 g/mol. The number of aliphatic carboxylic acids is 1. The molecule has 16 heavy (non-hydrogen) atoms. The summed E-state index contributed by atoms with van der Waals surface area (Å²) in [6, 6.07) is 7.81. The van der Waals surface area contributed by atoms with Crippen molar-refractivity contribution in [2.24, 2.45) is 0 Å². The molecular formula is C11H12N2O2S. The summed E-state index contributed by atoms with van der Waals surface area (Å²) in [5.74, 6) is -0.772. The zero-order chi connectivity index (χ0) is 11.5. The molecule has 0 radical (unpaired) electrons. The number of hydrogen-bond donors (Lipinski definition) is 2. The lowest BCUT2D eigenvalue weighted by Gasteiger charge is -2.02. The van der Waals surface area contributed by atoms with E-state index in [1.165, 1.54) is 0 Å². The minimum absolute atomic E-state index is 0.168. The molecule has 0 aliphatic rings. The van der Waals surface area contributed by atoms with Crippen LogP contribution in [0.3, 0.4) is 0 Å². The molecule has 0 unspecified atom stereocenters. The number of imidazole rings is 1. The van der Waals surface area contributed by atoms with Crippen LogP contribution in [-0.2, 0) is 11.3 Å². The van der Waals surface area contributed by atoms with Crippen LogP contribution in [0.25, 0.3) is 11.0 Å². The third-order valence-electron chi connectivity index (χ3n) is 2.45. The fourth-order valence-corrected chi connectivity index (χ4v) is 2.02. The Kier molecular flexibility index (Phi) is 3.05. The Labute approximate surface area is 97.5 Å². The number of fused-ring (bicyclic) bond motifs is 1. The van der Waals surface area contributed by atoms with Crippen molar-refractivity contribution in [3.8, 4) is 0 Å². The molecule has 2 N–H and O–H groups in total. The number of aromatic amines is 1. The van der Waals surface area contributed by atoms with E-state index in [1.807, 2.05) is 28.8 Å². The molecule has 0 amide bonds. The van der Waals surface area contributed by atoms with Gasteiger partial charge in [-0.05, 0) is 30.8 Å². The van der Waals surface area contributed by atoms with Gasteiger partial charge in [-0.25, -0.2) is 0 Å². The Morgan fingerprint density at radius 3 is 2.94 bits per heavy atom. The number of carboxylic acids is 1. The molecule has 1 aromatic heterocycles. The average molecular weight is 236 g/mol. The summed E-state index contributed by atoms with van der Waals surface area (Å²) >= 11 is 5.19. The summed E-state index contributed by atoms with van der Waals surface area (Å²) in [6.45, 7) is 0.634. The van der Waals surface area contributed by atoms with E-state index in [4.69, 9.17) is 17.3 Å². The normalized spacial score (nSPS) is 10.8. The van der Waals surface area contributed by atoms with Gasteiger partial charge in [0.15, 0.2) is 4.77 Å². The molecule has 84 valence electrons. The number of hydrogen-bond acceptors (Lipinski definition) is 2. The topological polar surface area (TPSA) is 58.0 Å². The van der Waals surface area contributed by atoms with Crippen molar-refractivity contribution >= 4 is 29.2 Å². The van der Waals surface area contributed by atoms with Gasteiger partial charge in [0.2, 0.25) is 0 Å². The first-order valence-corrected chi connectivity index (χ1v) is 5.48. The first-order valence-electron chi connectivity index (χ1n) is 5.08. The van der Waals surface area contributed by atoms with Gasteiger partial charge in [-0.15, -0.1) is 0 Å². The van der Waals surface area contributed by atoms with Gasteiger partial charge in [-0.3, -0.25) is 4.79 Å². The predicted molar refractivity (Wildman–Crippen MR) is 64.0 cm³/mol. The van der Waals surface area contributed by atoms with Crippen LogP contribution >= 0.6 is 12.2 Å². The van der Waals surface area contributed by atoms with Crippen LogP contribution in [-0.4, -0.2) is 20.6 Å². The number of benzene rings is 1.